The summed E-state index contributed by atoms with van der Waals surface area (Å²) in [5, 5.41) is 6.96. The van der Waals surface area contributed by atoms with Gasteiger partial charge >= 0.3 is 0 Å². The SMILES string of the molecule is O=C(NCCOc1ccc(Cl)cc1)c1cnns1. The molecule has 0 bridgehead atoms. The fourth-order valence-electron chi connectivity index (χ4n) is 1.22. The Morgan fingerprint density at radius 2 is 2.17 bits per heavy atom. The molecule has 0 spiro atoms. The smallest absolute Gasteiger partial charge is 0.264 e. The maximum absolute atomic E-state index is 11.5. The van der Waals surface area contributed by atoms with E-state index in [1.807, 2.05) is 0 Å². The van der Waals surface area contributed by atoms with E-state index in [0.29, 0.717) is 28.8 Å². The largest absolute Gasteiger partial charge is 0.492 e. The molecule has 0 unspecified atom stereocenters. The van der Waals surface area contributed by atoms with Crippen LogP contribution in [0.15, 0.2) is 30.5 Å². The van der Waals surface area contributed by atoms with Crippen LogP contribution in [-0.4, -0.2) is 28.6 Å². The van der Waals surface area contributed by atoms with Crippen molar-refractivity contribution in [3.8, 4) is 5.75 Å². The third kappa shape index (κ3) is 3.68. The minimum absolute atomic E-state index is 0.190. The van der Waals surface area contributed by atoms with Gasteiger partial charge in [0.1, 0.15) is 17.2 Å². The summed E-state index contributed by atoms with van der Waals surface area (Å²) >= 11 is 6.81. The second-order valence-electron chi connectivity index (χ2n) is 3.34. The minimum Gasteiger partial charge on any atom is -0.492 e. The molecule has 2 rings (SSSR count). The first kappa shape index (κ1) is 12.8. The van der Waals surface area contributed by atoms with Crippen LogP contribution in [0.4, 0.5) is 0 Å². The van der Waals surface area contributed by atoms with Gasteiger partial charge in [-0.05, 0) is 35.8 Å². The molecular weight excluding hydrogens is 274 g/mol. The number of halogens is 1. The lowest BCUT2D eigenvalue weighted by molar-refractivity contribution is 0.0951. The predicted molar refractivity (Wildman–Crippen MR) is 69.2 cm³/mol. The fourth-order valence-corrected chi connectivity index (χ4v) is 1.78. The summed E-state index contributed by atoms with van der Waals surface area (Å²) in [6.45, 7) is 0.805. The van der Waals surface area contributed by atoms with E-state index in [4.69, 9.17) is 16.3 Å². The van der Waals surface area contributed by atoms with Crippen molar-refractivity contribution in [2.24, 2.45) is 0 Å². The first-order chi connectivity index (χ1) is 8.75. The molecule has 0 atom stereocenters. The van der Waals surface area contributed by atoms with E-state index in [9.17, 15) is 4.79 Å². The first-order valence-electron chi connectivity index (χ1n) is 5.19. The van der Waals surface area contributed by atoms with Crippen LogP contribution in [0.5, 0.6) is 5.75 Å². The number of nitrogens with one attached hydrogen (secondary N) is 1. The molecule has 94 valence electrons. The Hall–Kier alpha value is -1.66. The van der Waals surface area contributed by atoms with Gasteiger partial charge in [0.15, 0.2) is 0 Å². The Morgan fingerprint density at radius 3 is 2.83 bits per heavy atom. The highest BCUT2D eigenvalue weighted by molar-refractivity contribution is 7.07. The summed E-state index contributed by atoms with van der Waals surface area (Å²) < 4.78 is 9.04. The maximum atomic E-state index is 11.5. The van der Waals surface area contributed by atoms with Crippen LogP contribution in [0.3, 0.4) is 0 Å². The number of ether oxygens (including phenoxy) is 1. The quantitative estimate of drug-likeness (QED) is 0.853. The number of amides is 1. The third-order valence-corrected chi connectivity index (χ3v) is 2.97. The normalized spacial score (nSPS) is 10.1. The van der Waals surface area contributed by atoms with Gasteiger partial charge in [-0.2, -0.15) is 0 Å². The van der Waals surface area contributed by atoms with Crippen LogP contribution >= 0.6 is 23.1 Å². The molecule has 0 aliphatic rings. The molecule has 0 fully saturated rings. The van der Waals surface area contributed by atoms with Crippen LogP contribution in [0.25, 0.3) is 0 Å². The molecule has 7 heteroatoms. The molecule has 18 heavy (non-hydrogen) atoms. The average molecular weight is 284 g/mol. The van der Waals surface area contributed by atoms with Crippen molar-refractivity contribution in [1.82, 2.24) is 14.9 Å². The summed E-state index contributed by atoms with van der Waals surface area (Å²) in [5.41, 5.74) is 0. The molecule has 0 saturated heterocycles. The zero-order valence-corrected chi connectivity index (χ0v) is 10.9. The zero-order valence-electron chi connectivity index (χ0n) is 9.30. The minimum atomic E-state index is -0.190. The van der Waals surface area contributed by atoms with Gasteiger partial charge in [-0.15, -0.1) is 5.10 Å². The molecule has 1 amide bonds. The summed E-state index contributed by atoms with van der Waals surface area (Å²) in [5.74, 6) is 0.526. The molecule has 0 aliphatic carbocycles. The van der Waals surface area contributed by atoms with E-state index in [1.165, 1.54) is 6.20 Å². The van der Waals surface area contributed by atoms with Gasteiger partial charge in [0, 0.05) is 5.02 Å². The lowest BCUT2D eigenvalue weighted by atomic mass is 10.3. The molecule has 1 N–H and O–H groups in total. The summed E-state index contributed by atoms with van der Waals surface area (Å²) in [7, 11) is 0. The third-order valence-electron chi connectivity index (χ3n) is 2.06. The monoisotopic (exact) mass is 283 g/mol. The van der Waals surface area contributed by atoms with E-state index in [0.717, 1.165) is 11.5 Å². The highest BCUT2D eigenvalue weighted by atomic mass is 35.5. The van der Waals surface area contributed by atoms with Crippen molar-refractivity contribution in [2.45, 2.75) is 0 Å². The van der Waals surface area contributed by atoms with Gasteiger partial charge in [0.05, 0.1) is 12.7 Å². The lowest BCUT2D eigenvalue weighted by Gasteiger charge is -2.06. The molecule has 1 heterocycles. The average Bonchev–Trinajstić information content (AvgIpc) is 2.90. The second-order valence-corrected chi connectivity index (χ2v) is 4.56. The van der Waals surface area contributed by atoms with Gasteiger partial charge in [-0.1, -0.05) is 16.1 Å². The Bertz CT molecular complexity index is 502. The van der Waals surface area contributed by atoms with Crippen molar-refractivity contribution in [1.29, 1.82) is 0 Å². The molecule has 0 aliphatic heterocycles. The van der Waals surface area contributed by atoms with Crippen molar-refractivity contribution in [3.63, 3.8) is 0 Å². The van der Waals surface area contributed by atoms with Gasteiger partial charge in [0.25, 0.3) is 5.91 Å². The number of carbonyl (C=O) groups excluding carboxylic acids is 1. The van der Waals surface area contributed by atoms with Crippen LogP contribution in [0.1, 0.15) is 9.67 Å². The summed E-state index contributed by atoms with van der Waals surface area (Å²) in [6.07, 6.45) is 1.43. The zero-order chi connectivity index (χ0) is 12.8. The Kier molecular flexibility index (Phi) is 4.49. The van der Waals surface area contributed by atoms with Gasteiger partial charge in [0.2, 0.25) is 0 Å². The molecule has 1 aromatic carbocycles. The van der Waals surface area contributed by atoms with E-state index >= 15 is 0 Å². The van der Waals surface area contributed by atoms with Crippen molar-refractivity contribution >= 4 is 29.0 Å². The van der Waals surface area contributed by atoms with E-state index in [1.54, 1.807) is 24.3 Å². The number of carbonyl (C=O) groups is 1. The molecule has 1 aromatic heterocycles. The molecule has 5 nitrogen and oxygen atoms in total. The Balaban J connectivity index is 1.70. The fraction of sp³-hybridized carbons (Fsp3) is 0.182. The number of nitrogens with zero attached hydrogens (tertiary/aromatic N) is 2. The molecule has 0 saturated carbocycles. The van der Waals surface area contributed by atoms with Crippen LogP contribution in [0, 0.1) is 0 Å². The standard InChI is InChI=1S/C11H10ClN3O2S/c12-8-1-3-9(4-2-8)17-6-5-13-11(16)10-7-14-15-18-10/h1-4,7H,5-6H2,(H,13,16). The summed E-state index contributed by atoms with van der Waals surface area (Å²) in [6, 6.07) is 7.05. The molecular formula is C11H10ClN3O2S. The first-order valence-corrected chi connectivity index (χ1v) is 6.35. The van der Waals surface area contributed by atoms with Crippen LogP contribution in [-0.2, 0) is 0 Å². The highest BCUT2D eigenvalue weighted by Gasteiger charge is 2.06. The predicted octanol–water partition coefficient (Wildman–Crippen LogP) is 2.00. The van der Waals surface area contributed by atoms with Crippen molar-refractivity contribution < 1.29 is 9.53 Å². The lowest BCUT2D eigenvalue weighted by Crippen LogP contribution is -2.27. The molecule has 2 aromatic rings. The maximum Gasteiger partial charge on any atom is 0.264 e. The number of benzene rings is 1. The topological polar surface area (TPSA) is 64.1 Å². The Morgan fingerprint density at radius 1 is 1.39 bits per heavy atom. The number of rotatable bonds is 5. The second kappa shape index (κ2) is 6.32. The van der Waals surface area contributed by atoms with E-state index in [-0.39, 0.29) is 5.91 Å². The number of aromatic nitrogens is 2. The molecule has 0 radical (unpaired) electrons. The summed E-state index contributed by atoms with van der Waals surface area (Å²) in [4.78, 5) is 12.0. The highest BCUT2D eigenvalue weighted by Crippen LogP contribution is 2.15. The Labute approximate surface area is 113 Å². The van der Waals surface area contributed by atoms with Crippen LogP contribution < -0.4 is 10.1 Å². The van der Waals surface area contributed by atoms with Gasteiger partial charge in [-0.25, -0.2) is 0 Å². The van der Waals surface area contributed by atoms with E-state index < -0.39 is 0 Å². The van der Waals surface area contributed by atoms with E-state index in [2.05, 4.69) is 14.9 Å². The number of hydrogen-bond donors (Lipinski definition) is 1. The van der Waals surface area contributed by atoms with Crippen molar-refractivity contribution in [3.05, 3.63) is 40.4 Å². The van der Waals surface area contributed by atoms with Crippen LogP contribution in [0.2, 0.25) is 5.02 Å². The van der Waals surface area contributed by atoms with Gasteiger partial charge in [-0.3, -0.25) is 4.79 Å². The number of hydrogen-bond acceptors (Lipinski definition) is 5. The van der Waals surface area contributed by atoms with Crippen molar-refractivity contribution in [2.75, 3.05) is 13.2 Å². The van der Waals surface area contributed by atoms with Gasteiger partial charge < -0.3 is 10.1 Å².